The fourth-order valence-electron chi connectivity index (χ4n) is 2.76. The van der Waals surface area contributed by atoms with Gasteiger partial charge in [-0.15, -0.1) is 0 Å². The summed E-state index contributed by atoms with van der Waals surface area (Å²) in [5.41, 5.74) is 5.74. The molecule has 176 valence electrons. The molecule has 3 rings (SSSR count). The lowest BCUT2D eigenvalue weighted by Gasteiger charge is -2.11. The van der Waals surface area contributed by atoms with Crippen LogP contribution < -0.4 is 10.2 Å². The van der Waals surface area contributed by atoms with E-state index in [9.17, 15) is 14.9 Å². The molecule has 0 radical (unpaired) electrons. The molecular formula is C22H19Br2N5O4S. The molecule has 1 amide bonds. The molecule has 0 unspecified atom stereocenters. The zero-order valence-corrected chi connectivity index (χ0v) is 22.1. The van der Waals surface area contributed by atoms with E-state index in [0.717, 1.165) is 22.5 Å². The molecule has 12 heteroatoms. The molecule has 3 aromatic rings. The van der Waals surface area contributed by atoms with E-state index in [1.165, 1.54) is 30.1 Å². The van der Waals surface area contributed by atoms with Gasteiger partial charge in [0.25, 0.3) is 11.6 Å². The van der Waals surface area contributed by atoms with Gasteiger partial charge in [-0.25, -0.2) is 15.4 Å². The fraction of sp³-hybridized carbons (Fsp3) is 0.182. The third-order valence-corrected chi connectivity index (χ3v) is 6.27. The van der Waals surface area contributed by atoms with Crippen molar-refractivity contribution >= 4 is 61.4 Å². The summed E-state index contributed by atoms with van der Waals surface area (Å²) in [4.78, 5) is 31.0. The Morgan fingerprint density at radius 3 is 2.35 bits per heavy atom. The third-order valence-electron chi connectivity index (χ3n) is 4.25. The molecule has 1 aromatic heterocycles. The SMILES string of the molecule is Cc1cc(C)nc(SCC(=O)N/N=C\c2cc(Br)c(OCc3ccc([N+](=O)[O-])cc3)c(Br)c2)n1. The molecule has 0 saturated heterocycles. The van der Waals surface area contributed by atoms with Gasteiger partial charge in [0, 0.05) is 23.5 Å². The number of nitrogens with zero attached hydrogens (tertiary/aromatic N) is 4. The molecule has 34 heavy (non-hydrogen) atoms. The Morgan fingerprint density at radius 2 is 1.76 bits per heavy atom. The average Bonchev–Trinajstić information content (AvgIpc) is 2.77. The standard InChI is InChI=1S/C22H19Br2N5O4S/c1-13-7-14(2)27-22(26-13)34-12-20(30)28-25-10-16-8-18(23)21(19(24)9-16)33-11-15-3-5-17(6-4-15)29(31)32/h3-10H,11-12H2,1-2H3,(H,28,30)/b25-10-. The summed E-state index contributed by atoms with van der Waals surface area (Å²) in [5.74, 6) is 0.442. The number of hydrogen-bond donors (Lipinski definition) is 1. The summed E-state index contributed by atoms with van der Waals surface area (Å²) in [5, 5.41) is 15.3. The Morgan fingerprint density at radius 1 is 1.15 bits per heavy atom. The van der Waals surface area contributed by atoms with Gasteiger partial charge in [-0.1, -0.05) is 11.8 Å². The van der Waals surface area contributed by atoms with Crippen molar-refractivity contribution in [2.45, 2.75) is 25.6 Å². The number of hydrogen-bond acceptors (Lipinski definition) is 8. The normalized spacial score (nSPS) is 10.9. The molecule has 1 heterocycles. The Hall–Kier alpha value is -2.83. The van der Waals surface area contributed by atoms with Crippen LogP contribution in [-0.2, 0) is 11.4 Å². The van der Waals surface area contributed by atoms with Gasteiger partial charge in [0.05, 0.1) is 25.8 Å². The number of ether oxygens (including phenoxy) is 1. The highest BCUT2D eigenvalue weighted by Gasteiger charge is 2.11. The van der Waals surface area contributed by atoms with Gasteiger partial charge in [-0.05, 0) is 87.2 Å². The van der Waals surface area contributed by atoms with Gasteiger partial charge in [-0.2, -0.15) is 5.10 Å². The summed E-state index contributed by atoms with van der Waals surface area (Å²) >= 11 is 8.19. The van der Waals surface area contributed by atoms with E-state index >= 15 is 0 Å². The minimum Gasteiger partial charge on any atom is -0.487 e. The topological polar surface area (TPSA) is 120 Å². The van der Waals surface area contributed by atoms with E-state index in [1.54, 1.807) is 24.3 Å². The average molecular weight is 609 g/mol. The monoisotopic (exact) mass is 607 g/mol. The number of benzene rings is 2. The highest BCUT2D eigenvalue weighted by molar-refractivity contribution is 9.11. The van der Waals surface area contributed by atoms with Crippen LogP contribution in [0.1, 0.15) is 22.5 Å². The number of hydrazone groups is 1. The highest BCUT2D eigenvalue weighted by atomic mass is 79.9. The third kappa shape index (κ3) is 7.61. The van der Waals surface area contributed by atoms with Crippen LogP contribution in [0.4, 0.5) is 5.69 Å². The first-order valence-corrected chi connectivity index (χ1v) is 12.4. The summed E-state index contributed by atoms with van der Waals surface area (Å²) < 4.78 is 7.21. The minimum absolute atomic E-state index is 0.0269. The molecule has 1 N–H and O–H groups in total. The van der Waals surface area contributed by atoms with Crippen LogP contribution in [0.25, 0.3) is 0 Å². The summed E-state index contributed by atoms with van der Waals surface area (Å²) in [6, 6.07) is 11.6. The van der Waals surface area contributed by atoms with Crippen LogP contribution in [-0.4, -0.2) is 32.8 Å². The lowest BCUT2D eigenvalue weighted by Crippen LogP contribution is -2.19. The predicted octanol–water partition coefficient (Wildman–Crippen LogP) is 5.35. The van der Waals surface area contributed by atoms with Crippen LogP contribution in [0.5, 0.6) is 5.75 Å². The van der Waals surface area contributed by atoms with Crippen molar-refractivity contribution in [1.82, 2.24) is 15.4 Å². The first-order chi connectivity index (χ1) is 16.2. The second-order valence-electron chi connectivity index (χ2n) is 7.04. The van der Waals surface area contributed by atoms with Crippen molar-refractivity contribution in [2.24, 2.45) is 5.10 Å². The van der Waals surface area contributed by atoms with Crippen LogP contribution in [0.2, 0.25) is 0 Å². The van der Waals surface area contributed by atoms with Gasteiger partial charge in [0.1, 0.15) is 12.4 Å². The Balaban J connectivity index is 1.54. The number of halogens is 2. The van der Waals surface area contributed by atoms with Gasteiger partial charge < -0.3 is 4.74 Å². The van der Waals surface area contributed by atoms with Crippen LogP contribution >= 0.6 is 43.6 Å². The number of nitro benzene ring substituents is 1. The quantitative estimate of drug-likeness (QED) is 0.114. The molecule has 0 spiro atoms. The van der Waals surface area contributed by atoms with Crippen molar-refractivity contribution in [2.75, 3.05) is 5.75 Å². The van der Waals surface area contributed by atoms with E-state index in [4.69, 9.17) is 4.74 Å². The predicted molar refractivity (Wildman–Crippen MR) is 137 cm³/mol. The molecule has 0 aliphatic rings. The van der Waals surface area contributed by atoms with Crippen molar-refractivity contribution in [3.05, 3.63) is 84.0 Å². The molecule has 2 aromatic carbocycles. The number of nitro groups is 1. The molecular weight excluding hydrogens is 590 g/mol. The first kappa shape index (κ1) is 25.8. The van der Waals surface area contributed by atoms with Gasteiger partial charge in [0.2, 0.25) is 0 Å². The second-order valence-corrected chi connectivity index (χ2v) is 9.69. The van der Waals surface area contributed by atoms with E-state index in [0.29, 0.717) is 19.9 Å². The zero-order chi connectivity index (χ0) is 24.7. The number of non-ortho nitro benzene ring substituents is 1. The van der Waals surface area contributed by atoms with E-state index in [1.807, 2.05) is 19.9 Å². The van der Waals surface area contributed by atoms with Gasteiger partial charge in [-0.3, -0.25) is 14.9 Å². The largest absolute Gasteiger partial charge is 0.487 e. The summed E-state index contributed by atoms with van der Waals surface area (Å²) in [6.45, 7) is 4.00. The number of carbonyl (C=O) groups excluding carboxylic acids is 1. The highest BCUT2D eigenvalue weighted by Crippen LogP contribution is 2.35. The van der Waals surface area contributed by atoms with Crippen LogP contribution in [0.3, 0.4) is 0 Å². The minimum atomic E-state index is -0.446. The van der Waals surface area contributed by atoms with E-state index in [-0.39, 0.29) is 24.0 Å². The van der Waals surface area contributed by atoms with Crippen LogP contribution in [0.15, 0.2) is 61.7 Å². The number of thioether (sulfide) groups is 1. The van der Waals surface area contributed by atoms with E-state index in [2.05, 4.69) is 52.4 Å². The molecule has 0 aliphatic heterocycles. The van der Waals surface area contributed by atoms with Crippen molar-refractivity contribution < 1.29 is 14.5 Å². The Kier molecular flexibility index (Phi) is 9.13. The Bertz CT molecular complexity index is 1200. The molecule has 0 atom stereocenters. The smallest absolute Gasteiger partial charge is 0.269 e. The Labute approximate surface area is 216 Å². The summed E-state index contributed by atoms with van der Waals surface area (Å²) in [6.07, 6.45) is 1.52. The lowest BCUT2D eigenvalue weighted by atomic mass is 10.2. The van der Waals surface area contributed by atoms with E-state index < -0.39 is 4.92 Å². The molecule has 0 saturated carbocycles. The zero-order valence-electron chi connectivity index (χ0n) is 18.1. The number of amides is 1. The first-order valence-electron chi connectivity index (χ1n) is 9.83. The van der Waals surface area contributed by atoms with Gasteiger partial charge in [0.15, 0.2) is 5.16 Å². The van der Waals surface area contributed by atoms with Crippen LogP contribution in [0, 0.1) is 24.0 Å². The number of aryl methyl sites for hydroxylation is 2. The molecule has 0 aliphatic carbocycles. The lowest BCUT2D eigenvalue weighted by molar-refractivity contribution is -0.384. The van der Waals surface area contributed by atoms with Crippen molar-refractivity contribution in [3.63, 3.8) is 0 Å². The number of rotatable bonds is 9. The van der Waals surface area contributed by atoms with Crippen molar-refractivity contribution in [3.8, 4) is 5.75 Å². The maximum atomic E-state index is 12.1. The number of aromatic nitrogens is 2. The maximum Gasteiger partial charge on any atom is 0.269 e. The van der Waals surface area contributed by atoms with Crippen molar-refractivity contribution in [1.29, 1.82) is 0 Å². The fourth-order valence-corrected chi connectivity index (χ4v) is 4.95. The maximum absolute atomic E-state index is 12.1. The second kappa shape index (κ2) is 12.0. The molecule has 0 fully saturated rings. The summed E-state index contributed by atoms with van der Waals surface area (Å²) in [7, 11) is 0. The number of carbonyl (C=O) groups is 1. The van der Waals surface area contributed by atoms with Gasteiger partial charge >= 0.3 is 0 Å². The number of nitrogens with one attached hydrogen (secondary N) is 1. The molecule has 0 bridgehead atoms. The molecule has 9 nitrogen and oxygen atoms in total.